The fourth-order valence-corrected chi connectivity index (χ4v) is 3.61. The van der Waals surface area contributed by atoms with Crippen LogP contribution < -0.4 is 5.32 Å². The molecule has 4 rings (SSSR count). The molecule has 2 amide bonds. The Hall–Kier alpha value is -3.15. The maximum absolute atomic E-state index is 12.7. The number of hydrogen-bond donors (Lipinski definition) is 1. The second kappa shape index (κ2) is 7.84. The van der Waals surface area contributed by atoms with E-state index in [4.69, 9.17) is 4.42 Å². The van der Waals surface area contributed by atoms with Crippen molar-refractivity contribution in [2.45, 2.75) is 38.6 Å². The SMILES string of the molecule is CCCC(=O)N1CCCC1C(=O)Nc1ccc(-c2nc3ccccc3o2)cc1. The number of nitrogens with one attached hydrogen (secondary N) is 1. The molecule has 1 atom stereocenters. The summed E-state index contributed by atoms with van der Waals surface area (Å²) in [6.07, 6.45) is 2.86. The van der Waals surface area contributed by atoms with E-state index in [9.17, 15) is 9.59 Å². The van der Waals surface area contributed by atoms with E-state index < -0.39 is 0 Å². The molecule has 1 saturated heterocycles. The summed E-state index contributed by atoms with van der Waals surface area (Å²) in [6, 6.07) is 14.6. The fourth-order valence-electron chi connectivity index (χ4n) is 3.61. The molecule has 0 bridgehead atoms. The monoisotopic (exact) mass is 377 g/mol. The van der Waals surface area contributed by atoms with Crippen LogP contribution in [0.5, 0.6) is 0 Å². The average molecular weight is 377 g/mol. The fraction of sp³-hybridized carbons (Fsp3) is 0.318. The predicted molar refractivity (Wildman–Crippen MR) is 108 cm³/mol. The maximum Gasteiger partial charge on any atom is 0.247 e. The van der Waals surface area contributed by atoms with Gasteiger partial charge in [-0.2, -0.15) is 0 Å². The molecule has 144 valence electrons. The van der Waals surface area contributed by atoms with Gasteiger partial charge in [0.15, 0.2) is 5.58 Å². The molecular weight excluding hydrogens is 354 g/mol. The van der Waals surface area contributed by atoms with Gasteiger partial charge in [-0.1, -0.05) is 19.1 Å². The molecule has 28 heavy (non-hydrogen) atoms. The van der Waals surface area contributed by atoms with Gasteiger partial charge in [0, 0.05) is 24.2 Å². The number of rotatable bonds is 5. The molecule has 2 aromatic carbocycles. The number of aromatic nitrogens is 1. The lowest BCUT2D eigenvalue weighted by atomic mass is 10.1. The first kappa shape index (κ1) is 18.2. The van der Waals surface area contributed by atoms with Crippen molar-refractivity contribution >= 4 is 28.6 Å². The van der Waals surface area contributed by atoms with E-state index in [-0.39, 0.29) is 17.9 Å². The minimum absolute atomic E-state index is 0.0615. The van der Waals surface area contributed by atoms with Crippen LogP contribution in [-0.2, 0) is 9.59 Å². The number of oxazole rings is 1. The molecule has 1 unspecified atom stereocenters. The number of likely N-dealkylation sites (tertiary alicyclic amines) is 1. The highest BCUT2D eigenvalue weighted by Gasteiger charge is 2.33. The second-order valence-electron chi connectivity index (χ2n) is 7.05. The molecule has 1 aromatic heterocycles. The zero-order valence-corrected chi connectivity index (χ0v) is 15.9. The van der Waals surface area contributed by atoms with E-state index in [1.165, 1.54) is 0 Å². The number of hydrogen-bond acceptors (Lipinski definition) is 4. The Balaban J connectivity index is 1.45. The lowest BCUT2D eigenvalue weighted by Gasteiger charge is -2.23. The maximum atomic E-state index is 12.7. The summed E-state index contributed by atoms with van der Waals surface area (Å²) in [7, 11) is 0. The van der Waals surface area contributed by atoms with Gasteiger partial charge in [0.25, 0.3) is 0 Å². The molecule has 0 radical (unpaired) electrons. The van der Waals surface area contributed by atoms with E-state index in [1.54, 1.807) is 4.90 Å². The van der Waals surface area contributed by atoms with Crippen LogP contribution in [0.3, 0.4) is 0 Å². The van der Waals surface area contributed by atoms with Crippen LogP contribution in [0.2, 0.25) is 0 Å². The average Bonchev–Trinajstić information content (AvgIpc) is 3.36. The molecule has 0 aliphatic carbocycles. The van der Waals surface area contributed by atoms with Crippen molar-refractivity contribution in [2.75, 3.05) is 11.9 Å². The third kappa shape index (κ3) is 3.63. The van der Waals surface area contributed by atoms with E-state index in [0.29, 0.717) is 31.0 Å². The molecule has 1 fully saturated rings. The second-order valence-corrected chi connectivity index (χ2v) is 7.05. The number of anilines is 1. The van der Waals surface area contributed by atoms with Crippen molar-refractivity contribution in [3.8, 4) is 11.5 Å². The van der Waals surface area contributed by atoms with Crippen LogP contribution in [0.4, 0.5) is 5.69 Å². The van der Waals surface area contributed by atoms with Gasteiger partial charge in [-0.05, 0) is 55.7 Å². The minimum atomic E-state index is -0.379. The zero-order valence-electron chi connectivity index (χ0n) is 15.9. The molecule has 0 saturated carbocycles. The van der Waals surface area contributed by atoms with Crippen molar-refractivity contribution in [3.05, 3.63) is 48.5 Å². The Morgan fingerprint density at radius 2 is 1.96 bits per heavy atom. The van der Waals surface area contributed by atoms with Gasteiger partial charge in [-0.3, -0.25) is 9.59 Å². The predicted octanol–water partition coefficient (Wildman–Crippen LogP) is 4.22. The summed E-state index contributed by atoms with van der Waals surface area (Å²) in [5.74, 6) is 0.481. The van der Waals surface area contributed by atoms with Gasteiger partial charge in [-0.15, -0.1) is 0 Å². The molecule has 1 aliphatic rings. The molecule has 0 spiro atoms. The van der Waals surface area contributed by atoms with Gasteiger partial charge in [0.1, 0.15) is 11.6 Å². The Labute approximate surface area is 163 Å². The molecule has 2 heterocycles. The Morgan fingerprint density at radius 1 is 1.18 bits per heavy atom. The number of amides is 2. The van der Waals surface area contributed by atoms with Gasteiger partial charge >= 0.3 is 0 Å². The summed E-state index contributed by atoms with van der Waals surface area (Å²) in [4.78, 5) is 31.1. The Kier molecular flexibility index (Phi) is 5.10. The number of para-hydroxylation sites is 2. The normalized spacial score (nSPS) is 16.5. The summed E-state index contributed by atoms with van der Waals surface area (Å²) >= 11 is 0. The van der Waals surface area contributed by atoms with Crippen molar-refractivity contribution in [3.63, 3.8) is 0 Å². The van der Waals surface area contributed by atoms with Crippen LogP contribution in [-0.4, -0.2) is 34.3 Å². The topological polar surface area (TPSA) is 75.4 Å². The lowest BCUT2D eigenvalue weighted by molar-refractivity contribution is -0.136. The molecular formula is C22H23N3O3. The molecule has 3 aromatic rings. The summed E-state index contributed by atoms with van der Waals surface area (Å²) in [5, 5.41) is 2.93. The van der Waals surface area contributed by atoms with Gasteiger partial charge in [0.05, 0.1) is 0 Å². The quantitative estimate of drug-likeness (QED) is 0.722. The Morgan fingerprint density at radius 3 is 2.71 bits per heavy atom. The van der Waals surface area contributed by atoms with Crippen LogP contribution in [0.1, 0.15) is 32.6 Å². The van der Waals surface area contributed by atoms with E-state index in [0.717, 1.165) is 29.5 Å². The highest BCUT2D eigenvalue weighted by Crippen LogP contribution is 2.26. The third-order valence-corrected chi connectivity index (χ3v) is 5.03. The summed E-state index contributed by atoms with van der Waals surface area (Å²) in [6.45, 7) is 2.63. The number of nitrogens with zero attached hydrogens (tertiary/aromatic N) is 2. The smallest absolute Gasteiger partial charge is 0.247 e. The van der Waals surface area contributed by atoms with E-state index in [2.05, 4.69) is 10.3 Å². The van der Waals surface area contributed by atoms with Crippen molar-refractivity contribution in [2.24, 2.45) is 0 Å². The lowest BCUT2D eigenvalue weighted by Crippen LogP contribution is -2.43. The largest absolute Gasteiger partial charge is 0.436 e. The van der Waals surface area contributed by atoms with Crippen LogP contribution in [0.25, 0.3) is 22.6 Å². The van der Waals surface area contributed by atoms with Gasteiger partial charge in [0.2, 0.25) is 17.7 Å². The Bertz CT molecular complexity index is 961. The number of benzene rings is 2. The van der Waals surface area contributed by atoms with E-state index >= 15 is 0 Å². The number of carbonyl (C=O) groups excluding carboxylic acids is 2. The molecule has 6 nitrogen and oxygen atoms in total. The first-order chi connectivity index (χ1) is 13.7. The summed E-state index contributed by atoms with van der Waals surface area (Å²) < 4.78 is 5.78. The third-order valence-electron chi connectivity index (χ3n) is 5.03. The van der Waals surface area contributed by atoms with Gasteiger partial charge < -0.3 is 14.6 Å². The number of fused-ring (bicyclic) bond motifs is 1. The van der Waals surface area contributed by atoms with Crippen molar-refractivity contribution in [1.82, 2.24) is 9.88 Å². The van der Waals surface area contributed by atoms with Crippen LogP contribution >= 0.6 is 0 Å². The van der Waals surface area contributed by atoms with Gasteiger partial charge in [-0.25, -0.2) is 4.98 Å². The molecule has 1 N–H and O–H groups in total. The highest BCUT2D eigenvalue weighted by molar-refractivity contribution is 5.97. The minimum Gasteiger partial charge on any atom is -0.436 e. The van der Waals surface area contributed by atoms with Crippen molar-refractivity contribution in [1.29, 1.82) is 0 Å². The van der Waals surface area contributed by atoms with Crippen LogP contribution in [0.15, 0.2) is 52.9 Å². The van der Waals surface area contributed by atoms with Crippen LogP contribution in [0, 0.1) is 0 Å². The molecule has 6 heteroatoms. The zero-order chi connectivity index (χ0) is 19.5. The highest BCUT2D eigenvalue weighted by atomic mass is 16.3. The number of carbonyl (C=O) groups is 2. The summed E-state index contributed by atoms with van der Waals surface area (Å²) in [5.41, 5.74) is 3.09. The first-order valence-corrected chi connectivity index (χ1v) is 9.72. The first-order valence-electron chi connectivity index (χ1n) is 9.72. The molecule has 1 aliphatic heterocycles. The van der Waals surface area contributed by atoms with E-state index in [1.807, 2.05) is 55.5 Å². The standard InChI is InChI=1S/C22H23N3O3/c1-2-6-20(26)25-14-5-8-18(25)21(27)23-16-12-10-15(11-13-16)22-24-17-7-3-4-9-19(17)28-22/h3-4,7,9-13,18H,2,5-6,8,14H2,1H3,(H,23,27). The van der Waals surface area contributed by atoms with Crippen molar-refractivity contribution < 1.29 is 14.0 Å².